The summed E-state index contributed by atoms with van der Waals surface area (Å²) < 4.78 is 5.51. The fourth-order valence-electron chi connectivity index (χ4n) is 10.9. The van der Waals surface area contributed by atoms with E-state index in [2.05, 4.69) is 31.3 Å². The van der Waals surface area contributed by atoms with E-state index in [0.29, 0.717) is 25.9 Å². The maximum absolute atomic E-state index is 12.5. The topological polar surface area (TPSA) is 95.9 Å². The predicted octanol–water partition coefficient (Wildman–Crippen LogP) is 21.6. The molecule has 0 heterocycles. The first kappa shape index (κ1) is 72.6. The quantitative estimate of drug-likeness (QED) is 0.0320. The Hall–Kier alpha value is -1.40. The van der Waals surface area contributed by atoms with Gasteiger partial charge in [-0.3, -0.25) is 9.59 Å². The van der Waals surface area contributed by atoms with Crippen LogP contribution in [0.4, 0.5) is 0 Å². The molecular weight excluding hydrogens is 911 g/mol. The smallest absolute Gasteiger partial charge is 0.305 e. The van der Waals surface area contributed by atoms with Crippen LogP contribution < -0.4 is 5.32 Å². The van der Waals surface area contributed by atoms with Gasteiger partial charge in [-0.1, -0.05) is 334 Å². The summed E-state index contributed by atoms with van der Waals surface area (Å²) >= 11 is 0. The molecule has 0 fully saturated rings. The molecular formula is C68H133NO5. The number of nitrogens with one attached hydrogen (secondary N) is 1. The second-order valence-electron chi connectivity index (χ2n) is 23.5. The highest BCUT2D eigenvalue weighted by molar-refractivity contribution is 5.76. The Kier molecular flexibility index (Phi) is 62.9. The fourth-order valence-corrected chi connectivity index (χ4v) is 10.9. The Labute approximate surface area is 463 Å². The number of hydrogen-bond acceptors (Lipinski definition) is 5. The number of carbonyl (C=O) groups is 2. The minimum absolute atomic E-state index is 0.0114. The lowest BCUT2D eigenvalue weighted by atomic mass is 10.0. The van der Waals surface area contributed by atoms with E-state index < -0.39 is 12.1 Å². The van der Waals surface area contributed by atoms with Gasteiger partial charge in [0.2, 0.25) is 5.91 Å². The van der Waals surface area contributed by atoms with Crippen LogP contribution in [-0.2, 0) is 14.3 Å². The van der Waals surface area contributed by atoms with Crippen molar-refractivity contribution in [3.8, 4) is 0 Å². The van der Waals surface area contributed by atoms with Crippen LogP contribution in [0.3, 0.4) is 0 Å². The summed E-state index contributed by atoms with van der Waals surface area (Å²) in [6.45, 7) is 4.98. The van der Waals surface area contributed by atoms with Crippen molar-refractivity contribution in [1.82, 2.24) is 5.32 Å². The van der Waals surface area contributed by atoms with Crippen LogP contribution in [0.1, 0.15) is 386 Å². The molecule has 0 aromatic carbocycles. The summed E-state index contributed by atoms with van der Waals surface area (Å²) in [7, 11) is 0. The number of amides is 1. The highest BCUT2D eigenvalue weighted by atomic mass is 16.5. The van der Waals surface area contributed by atoms with Crippen LogP contribution in [0.15, 0.2) is 12.2 Å². The van der Waals surface area contributed by atoms with Gasteiger partial charge in [0.15, 0.2) is 0 Å². The van der Waals surface area contributed by atoms with E-state index in [-0.39, 0.29) is 18.5 Å². The van der Waals surface area contributed by atoms with Gasteiger partial charge in [-0.2, -0.15) is 0 Å². The SMILES string of the molecule is CCCCCCCC/C=C\CCCCCCCCCCCC(=O)OCCCCCCCCCCCCCCCCCCCCCCC(=O)NC(CO)C(O)CCCCCCCCCCCCCCCCCCCC. The summed E-state index contributed by atoms with van der Waals surface area (Å²) in [5.74, 6) is -0.0214. The number of allylic oxidation sites excluding steroid dienone is 2. The lowest BCUT2D eigenvalue weighted by Gasteiger charge is -2.22. The van der Waals surface area contributed by atoms with Crippen LogP contribution in [0.25, 0.3) is 0 Å². The normalized spacial score (nSPS) is 12.5. The summed E-state index contributed by atoms with van der Waals surface area (Å²) in [6, 6.07) is -0.543. The van der Waals surface area contributed by atoms with E-state index >= 15 is 0 Å². The second kappa shape index (κ2) is 64.1. The van der Waals surface area contributed by atoms with Gasteiger partial charge in [0, 0.05) is 12.8 Å². The molecule has 0 radical (unpaired) electrons. The molecule has 0 aromatic heterocycles. The van der Waals surface area contributed by atoms with Crippen LogP contribution >= 0.6 is 0 Å². The van der Waals surface area contributed by atoms with Gasteiger partial charge < -0.3 is 20.3 Å². The number of carbonyl (C=O) groups excluding carboxylic acids is 2. The van der Waals surface area contributed by atoms with Gasteiger partial charge in [-0.25, -0.2) is 0 Å². The third kappa shape index (κ3) is 59.8. The van der Waals surface area contributed by atoms with Crippen molar-refractivity contribution in [2.75, 3.05) is 13.2 Å². The Morgan fingerprint density at radius 2 is 0.635 bits per heavy atom. The summed E-state index contributed by atoms with van der Waals surface area (Å²) in [5.41, 5.74) is 0. The molecule has 0 aliphatic rings. The Balaban J connectivity index is 3.37. The van der Waals surface area contributed by atoms with Crippen molar-refractivity contribution in [1.29, 1.82) is 0 Å². The van der Waals surface area contributed by atoms with Crippen molar-refractivity contribution in [3.05, 3.63) is 12.2 Å². The monoisotopic (exact) mass is 1040 g/mol. The molecule has 74 heavy (non-hydrogen) atoms. The first-order valence-electron chi connectivity index (χ1n) is 33.9. The lowest BCUT2D eigenvalue weighted by Crippen LogP contribution is -2.45. The molecule has 3 N–H and O–H groups in total. The van der Waals surface area contributed by atoms with Gasteiger partial charge in [0.25, 0.3) is 0 Å². The molecule has 0 aliphatic carbocycles. The van der Waals surface area contributed by atoms with Crippen LogP contribution in [0, 0.1) is 0 Å². The number of aliphatic hydroxyl groups is 2. The molecule has 0 bridgehead atoms. The lowest BCUT2D eigenvalue weighted by molar-refractivity contribution is -0.143. The van der Waals surface area contributed by atoms with E-state index in [1.54, 1.807) is 0 Å². The molecule has 0 spiro atoms. The largest absolute Gasteiger partial charge is 0.466 e. The molecule has 0 aromatic rings. The predicted molar refractivity (Wildman–Crippen MR) is 324 cm³/mol. The molecule has 2 atom stereocenters. The van der Waals surface area contributed by atoms with Crippen molar-refractivity contribution >= 4 is 11.9 Å². The van der Waals surface area contributed by atoms with Crippen molar-refractivity contribution in [2.24, 2.45) is 0 Å². The number of hydrogen-bond donors (Lipinski definition) is 3. The molecule has 2 unspecified atom stereocenters. The van der Waals surface area contributed by atoms with E-state index in [9.17, 15) is 19.8 Å². The van der Waals surface area contributed by atoms with Crippen LogP contribution in [0.5, 0.6) is 0 Å². The highest BCUT2D eigenvalue weighted by Gasteiger charge is 2.20. The van der Waals surface area contributed by atoms with E-state index in [1.807, 2.05) is 0 Å². The molecule has 0 saturated carbocycles. The maximum Gasteiger partial charge on any atom is 0.305 e. The zero-order valence-electron chi connectivity index (χ0n) is 50.4. The molecule has 6 nitrogen and oxygen atoms in total. The van der Waals surface area contributed by atoms with E-state index in [0.717, 1.165) is 44.9 Å². The van der Waals surface area contributed by atoms with E-state index in [4.69, 9.17) is 4.74 Å². The van der Waals surface area contributed by atoms with Gasteiger partial charge in [-0.15, -0.1) is 0 Å². The number of rotatable bonds is 64. The number of unbranched alkanes of at least 4 members (excludes halogenated alkanes) is 51. The van der Waals surface area contributed by atoms with Crippen molar-refractivity contribution in [2.45, 2.75) is 398 Å². The second-order valence-corrected chi connectivity index (χ2v) is 23.5. The minimum atomic E-state index is -0.666. The van der Waals surface area contributed by atoms with Gasteiger partial charge >= 0.3 is 5.97 Å². The van der Waals surface area contributed by atoms with Crippen LogP contribution in [-0.4, -0.2) is 47.4 Å². The molecule has 6 heteroatoms. The summed E-state index contributed by atoms with van der Waals surface area (Å²) in [5, 5.41) is 23.4. The average Bonchev–Trinajstić information content (AvgIpc) is 3.40. The van der Waals surface area contributed by atoms with Gasteiger partial charge in [0.05, 0.1) is 25.4 Å². The van der Waals surface area contributed by atoms with E-state index in [1.165, 1.54) is 308 Å². The molecule has 0 saturated heterocycles. The number of esters is 1. The first-order valence-corrected chi connectivity index (χ1v) is 33.9. The molecule has 0 rings (SSSR count). The number of ether oxygens (including phenoxy) is 1. The number of aliphatic hydroxyl groups excluding tert-OH is 2. The third-order valence-corrected chi connectivity index (χ3v) is 16.1. The zero-order chi connectivity index (χ0) is 53.6. The van der Waals surface area contributed by atoms with Gasteiger partial charge in [0.1, 0.15) is 0 Å². The molecule has 1 amide bonds. The fraction of sp³-hybridized carbons (Fsp3) is 0.941. The van der Waals surface area contributed by atoms with Crippen molar-refractivity contribution in [3.63, 3.8) is 0 Å². The first-order chi connectivity index (χ1) is 36.5. The molecule has 440 valence electrons. The molecule has 0 aliphatic heterocycles. The average molecular weight is 1040 g/mol. The Morgan fingerprint density at radius 1 is 0.365 bits per heavy atom. The van der Waals surface area contributed by atoms with Crippen molar-refractivity contribution < 1.29 is 24.5 Å². The third-order valence-electron chi connectivity index (χ3n) is 16.1. The summed E-state index contributed by atoms with van der Waals surface area (Å²) in [6.07, 6.45) is 78.1. The Morgan fingerprint density at radius 3 is 0.959 bits per heavy atom. The Bertz CT molecular complexity index is 1110. The zero-order valence-corrected chi connectivity index (χ0v) is 50.4. The highest BCUT2D eigenvalue weighted by Crippen LogP contribution is 2.19. The summed E-state index contributed by atoms with van der Waals surface area (Å²) in [4.78, 5) is 24.6. The van der Waals surface area contributed by atoms with Gasteiger partial charge in [-0.05, 0) is 51.4 Å². The standard InChI is InChI=1S/C68H133NO5/c1-3-5-7-9-11-13-15-17-19-21-25-30-34-38-42-46-50-54-58-62-68(73)74-63-59-55-51-47-43-39-35-31-27-24-23-26-29-33-37-41-45-49-53-57-61-67(72)69-65(64-70)66(71)60-56-52-48-44-40-36-32-28-22-20-18-16-14-12-10-8-6-4-2/h17,19,65-66,70-71H,3-16,18,20-64H2,1-2H3,(H,69,72)/b19-17-. The maximum atomic E-state index is 12.5. The van der Waals surface area contributed by atoms with Crippen LogP contribution in [0.2, 0.25) is 0 Å². The minimum Gasteiger partial charge on any atom is -0.466 e.